The zero-order valence-corrected chi connectivity index (χ0v) is 10.3. The molecule has 1 aromatic carbocycles. The third-order valence-electron chi connectivity index (χ3n) is 2.66. The Morgan fingerprint density at radius 2 is 2.20 bits per heavy atom. The van der Waals surface area contributed by atoms with Crippen LogP contribution in [0.3, 0.4) is 0 Å². The van der Waals surface area contributed by atoms with Gasteiger partial charge in [0, 0.05) is 5.56 Å². The van der Waals surface area contributed by atoms with Crippen LogP contribution >= 0.6 is 0 Å². The third kappa shape index (κ3) is 2.86. The summed E-state index contributed by atoms with van der Waals surface area (Å²) in [4.78, 5) is 33.7. The van der Waals surface area contributed by atoms with Crippen LogP contribution in [-0.4, -0.2) is 47.3 Å². The summed E-state index contributed by atoms with van der Waals surface area (Å²) >= 11 is 0. The molecule has 1 aromatic rings. The highest BCUT2D eigenvalue weighted by Gasteiger charge is 2.22. The summed E-state index contributed by atoms with van der Waals surface area (Å²) in [6.07, 6.45) is 0. The van der Waals surface area contributed by atoms with Crippen molar-refractivity contribution in [2.75, 3.05) is 18.5 Å². The fourth-order valence-electron chi connectivity index (χ4n) is 1.64. The lowest BCUT2D eigenvalue weighted by atomic mass is 10.1. The molecule has 0 aliphatic carbocycles. The van der Waals surface area contributed by atoms with E-state index in [1.54, 1.807) is 0 Å². The molecule has 0 saturated heterocycles. The molecule has 0 radical (unpaired) electrons. The maximum atomic E-state index is 11.8. The van der Waals surface area contributed by atoms with Crippen molar-refractivity contribution in [1.82, 2.24) is 5.32 Å². The molecule has 0 aromatic heterocycles. The fourth-order valence-corrected chi connectivity index (χ4v) is 1.64. The molecule has 0 bridgehead atoms. The van der Waals surface area contributed by atoms with Gasteiger partial charge in [0.25, 0.3) is 11.8 Å². The van der Waals surface area contributed by atoms with Crippen molar-refractivity contribution in [3.05, 3.63) is 23.8 Å². The van der Waals surface area contributed by atoms with Crippen LogP contribution in [0.25, 0.3) is 0 Å². The fraction of sp³-hybridized carbons (Fsp3) is 0.250. The van der Waals surface area contributed by atoms with E-state index in [4.69, 9.17) is 14.9 Å². The number of amides is 2. The topological polar surface area (TPSA) is 125 Å². The molecule has 1 unspecified atom stereocenters. The molecule has 20 heavy (non-hydrogen) atoms. The first-order valence-electron chi connectivity index (χ1n) is 5.72. The molecule has 0 spiro atoms. The van der Waals surface area contributed by atoms with E-state index in [0.29, 0.717) is 11.4 Å². The first-order chi connectivity index (χ1) is 9.51. The molecule has 4 N–H and O–H groups in total. The lowest BCUT2D eigenvalue weighted by molar-refractivity contribution is -0.140. The first kappa shape index (κ1) is 13.8. The van der Waals surface area contributed by atoms with Crippen molar-refractivity contribution in [3.63, 3.8) is 0 Å². The number of aliphatic hydroxyl groups excluding tert-OH is 1. The molecular weight excluding hydrogens is 268 g/mol. The smallest absolute Gasteiger partial charge is 0.328 e. The van der Waals surface area contributed by atoms with E-state index in [2.05, 4.69) is 10.6 Å². The van der Waals surface area contributed by atoms with E-state index >= 15 is 0 Å². The highest BCUT2D eigenvalue weighted by atomic mass is 16.5. The molecule has 0 saturated carbocycles. The van der Waals surface area contributed by atoms with E-state index in [0.717, 1.165) is 0 Å². The number of fused-ring (bicyclic) bond motifs is 1. The Balaban J connectivity index is 2.15. The number of rotatable bonds is 4. The average Bonchev–Trinajstić information content (AvgIpc) is 2.43. The molecule has 1 aliphatic heterocycles. The number of carbonyl (C=O) groups is 3. The number of aliphatic hydroxyl groups is 1. The number of carboxylic acids is 1. The predicted octanol–water partition coefficient (Wildman–Crippen LogP) is -0.807. The van der Waals surface area contributed by atoms with E-state index < -0.39 is 24.5 Å². The first-order valence-corrected chi connectivity index (χ1v) is 5.72. The standard InChI is InChI=1S/C12H12N2O6/c15-4-8(12(18)19)14-11(17)6-1-2-7-9(3-6)20-5-10(16)13-7/h1-3,8,15H,4-5H2,(H,13,16)(H,14,17)(H,18,19). The molecule has 106 valence electrons. The van der Waals surface area contributed by atoms with Crippen molar-refractivity contribution >= 4 is 23.5 Å². The quantitative estimate of drug-likeness (QED) is 0.572. The van der Waals surface area contributed by atoms with Gasteiger partial charge < -0.3 is 25.6 Å². The van der Waals surface area contributed by atoms with Crippen LogP contribution in [0, 0.1) is 0 Å². The van der Waals surface area contributed by atoms with Gasteiger partial charge >= 0.3 is 5.97 Å². The number of benzene rings is 1. The zero-order chi connectivity index (χ0) is 14.7. The summed E-state index contributed by atoms with van der Waals surface area (Å²) < 4.78 is 5.15. The number of nitrogens with one attached hydrogen (secondary N) is 2. The van der Waals surface area contributed by atoms with E-state index in [9.17, 15) is 14.4 Å². The monoisotopic (exact) mass is 280 g/mol. The van der Waals surface area contributed by atoms with Crippen LogP contribution in [0.15, 0.2) is 18.2 Å². The maximum Gasteiger partial charge on any atom is 0.328 e. The molecule has 2 rings (SSSR count). The molecule has 8 nitrogen and oxygen atoms in total. The predicted molar refractivity (Wildman–Crippen MR) is 66.5 cm³/mol. The molecule has 2 amide bonds. The van der Waals surface area contributed by atoms with Gasteiger partial charge in [-0.05, 0) is 18.2 Å². The Hall–Kier alpha value is -2.61. The molecule has 1 aliphatic rings. The summed E-state index contributed by atoms with van der Waals surface area (Å²) in [7, 11) is 0. The van der Waals surface area contributed by atoms with E-state index in [-0.39, 0.29) is 18.1 Å². The van der Waals surface area contributed by atoms with E-state index in [1.807, 2.05) is 0 Å². The van der Waals surface area contributed by atoms with Crippen LogP contribution in [0.1, 0.15) is 10.4 Å². The van der Waals surface area contributed by atoms with Crippen molar-refractivity contribution in [2.45, 2.75) is 6.04 Å². The number of carboxylic acid groups (broad SMARTS) is 1. The largest absolute Gasteiger partial charge is 0.482 e. The van der Waals surface area contributed by atoms with Crippen molar-refractivity contribution in [3.8, 4) is 5.75 Å². The summed E-state index contributed by atoms with van der Waals surface area (Å²) in [6, 6.07) is 2.91. The van der Waals surface area contributed by atoms with Gasteiger partial charge in [0.15, 0.2) is 12.6 Å². The normalized spacial score (nSPS) is 14.6. The number of hydrogen-bond donors (Lipinski definition) is 4. The molecule has 8 heteroatoms. The Morgan fingerprint density at radius 3 is 2.85 bits per heavy atom. The number of anilines is 1. The molecule has 1 atom stereocenters. The van der Waals surface area contributed by atoms with Gasteiger partial charge in [-0.2, -0.15) is 0 Å². The van der Waals surface area contributed by atoms with Gasteiger partial charge in [-0.25, -0.2) is 4.79 Å². The van der Waals surface area contributed by atoms with Crippen LogP contribution in [0.2, 0.25) is 0 Å². The summed E-state index contributed by atoms with van der Waals surface area (Å²) in [6.45, 7) is -0.856. The van der Waals surface area contributed by atoms with Gasteiger partial charge in [-0.1, -0.05) is 0 Å². The Labute approximate surface area is 113 Å². The van der Waals surface area contributed by atoms with Crippen molar-refractivity contribution < 1.29 is 29.3 Å². The second kappa shape index (κ2) is 5.57. The minimum absolute atomic E-state index is 0.146. The van der Waals surface area contributed by atoms with Crippen molar-refractivity contribution in [1.29, 1.82) is 0 Å². The number of hydrogen-bond acceptors (Lipinski definition) is 5. The van der Waals surface area contributed by atoms with Gasteiger partial charge in [0.05, 0.1) is 12.3 Å². The second-order valence-electron chi connectivity index (χ2n) is 4.09. The molecular formula is C12H12N2O6. The minimum Gasteiger partial charge on any atom is -0.482 e. The summed E-state index contributed by atoms with van der Waals surface area (Å²) in [5.74, 6) is -1.95. The van der Waals surface area contributed by atoms with Crippen LogP contribution in [0.4, 0.5) is 5.69 Å². The van der Waals surface area contributed by atoms with Crippen LogP contribution in [-0.2, 0) is 9.59 Å². The SMILES string of the molecule is O=C1COc2cc(C(=O)NC(CO)C(=O)O)ccc2N1. The van der Waals surface area contributed by atoms with Crippen LogP contribution < -0.4 is 15.4 Å². The van der Waals surface area contributed by atoms with Crippen molar-refractivity contribution in [2.24, 2.45) is 0 Å². The molecule has 0 fully saturated rings. The number of aliphatic carboxylic acids is 1. The highest BCUT2D eigenvalue weighted by Crippen LogP contribution is 2.28. The van der Waals surface area contributed by atoms with Gasteiger partial charge in [0.1, 0.15) is 5.75 Å². The highest BCUT2D eigenvalue weighted by molar-refractivity contribution is 6.00. The lowest BCUT2D eigenvalue weighted by Gasteiger charge is -2.18. The zero-order valence-electron chi connectivity index (χ0n) is 10.3. The summed E-state index contributed by atoms with van der Waals surface area (Å²) in [5.41, 5.74) is 0.606. The Bertz CT molecular complexity index is 571. The van der Waals surface area contributed by atoms with E-state index in [1.165, 1.54) is 18.2 Å². The number of ether oxygens (including phenoxy) is 1. The lowest BCUT2D eigenvalue weighted by Crippen LogP contribution is -2.43. The third-order valence-corrected chi connectivity index (χ3v) is 2.66. The second-order valence-corrected chi connectivity index (χ2v) is 4.09. The van der Waals surface area contributed by atoms with Gasteiger partial charge in [-0.15, -0.1) is 0 Å². The number of carbonyl (C=O) groups excluding carboxylic acids is 2. The average molecular weight is 280 g/mol. The van der Waals surface area contributed by atoms with Gasteiger partial charge in [0.2, 0.25) is 0 Å². The Kier molecular flexibility index (Phi) is 3.85. The van der Waals surface area contributed by atoms with Crippen LogP contribution in [0.5, 0.6) is 5.75 Å². The molecule has 1 heterocycles. The maximum absolute atomic E-state index is 11.8. The minimum atomic E-state index is -1.38. The Morgan fingerprint density at radius 1 is 1.45 bits per heavy atom. The van der Waals surface area contributed by atoms with Gasteiger partial charge in [-0.3, -0.25) is 9.59 Å². The summed E-state index contributed by atoms with van der Waals surface area (Å²) in [5, 5.41) is 22.3.